The molecular formula is C12H22FeO12. The molecule has 9 atom stereocenters. The number of rotatable bonds is 5. The molecule has 0 radical (unpaired) electrons. The number of ether oxygens (including phenoxy) is 3. The van der Waals surface area contributed by atoms with Crippen molar-refractivity contribution in [3.8, 4) is 0 Å². The van der Waals surface area contributed by atoms with Gasteiger partial charge in [-0.05, 0) is 0 Å². The van der Waals surface area contributed by atoms with Crippen molar-refractivity contribution in [2.45, 2.75) is 54.8 Å². The van der Waals surface area contributed by atoms with E-state index in [1.54, 1.807) is 0 Å². The molecule has 2 saturated heterocycles. The summed E-state index contributed by atoms with van der Waals surface area (Å²) in [5, 5.41) is 76.7. The van der Waals surface area contributed by atoms with Crippen LogP contribution in [0.1, 0.15) is 0 Å². The maximum atomic E-state index is 10.00. The van der Waals surface area contributed by atoms with Gasteiger partial charge in [0, 0.05) is 0 Å². The predicted molar refractivity (Wildman–Crippen MR) is 69.3 cm³/mol. The van der Waals surface area contributed by atoms with Crippen LogP contribution in [-0.2, 0) is 34.0 Å². The standard InChI is InChI=1S/C12H22O11.Fe.O/c13-1-4-6(16)8(18)9(19)11(21-4)23-12(3-15)10(20)7(17)5(2-14)22-12;;/h4-11,13-20H,1-3H2;;/t4-,5-,6-,7-,8+,9-,10+,11-,12+;;/m1../s1. The minimum atomic E-state index is -2.22. The molecule has 0 unspecified atom stereocenters. The Hall–Kier alpha value is -0.121. The molecule has 2 aliphatic rings. The molecule has 2 aliphatic heterocycles. The molecule has 0 bridgehead atoms. The van der Waals surface area contributed by atoms with E-state index in [1.807, 2.05) is 15.9 Å². The van der Waals surface area contributed by atoms with E-state index in [0.717, 1.165) is 0 Å². The zero-order valence-corrected chi connectivity index (χ0v) is 13.9. The topological polar surface area (TPSA) is 207 Å². The average Bonchev–Trinajstić information content (AvgIpc) is 2.88. The van der Waals surface area contributed by atoms with Gasteiger partial charge in [-0.3, -0.25) is 0 Å². The van der Waals surface area contributed by atoms with E-state index in [9.17, 15) is 30.6 Å². The molecule has 2 fully saturated rings. The van der Waals surface area contributed by atoms with E-state index in [2.05, 4.69) is 0 Å². The number of aliphatic hydroxyl groups excluding tert-OH is 8. The summed E-state index contributed by atoms with van der Waals surface area (Å²) in [7, 11) is 0. The Morgan fingerprint density at radius 3 is 1.84 bits per heavy atom. The van der Waals surface area contributed by atoms with Crippen molar-refractivity contribution >= 4 is 0 Å². The molecule has 2 rings (SSSR count). The van der Waals surface area contributed by atoms with Crippen molar-refractivity contribution in [3.63, 3.8) is 0 Å². The summed E-state index contributed by atoms with van der Waals surface area (Å²) in [6.07, 6.45) is -12.7. The van der Waals surface area contributed by atoms with Crippen LogP contribution in [-0.4, -0.2) is 115 Å². The SMILES string of the molecule is OC[C@H]1O[C@@](CO)(O[C@H]2O[C@H](CO)[C@@H](O)[C@H](O)[C@H]2O)[C@@H](O)[C@@H]1O.[O]=[Fe]. The van der Waals surface area contributed by atoms with Gasteiger partial charge in [-0.2, -0.15) is 0 Å². The fraction of sp³-hybridized carbons (Fsp3) is 1.00. The van der Waals surface area contributed by atoms with E-state index < -0.39 is 74.6 Å². The molecule has 150 valence electrons. The first-order chi connectivity index (χ1) is 11.8. The number of hydrogen-bond acceptors (Lipinski definition) is 12. The van der Waals surface area contributed by atoms with Crippen molar-refractivity contribution in [1.29, 1.82) is 0 Å². The van der Waals surface area contributed by atoms with Gasteiger partial charge in [0.1, 0.15) is 49.3 Å². The predicted octanol–water partition coefficient (Wildman–Crippen LogP) is -5.52. The molecule has 0 saturated carbocycles. The molecule has 0 amide bonds. The monoisotopic (exact) mass is 414 g/mol. The van der Waals surface area contributed by atoms with E-state index in [4.69, 9.17) is 28.3 Å². The Morgan fingerprint density at radius 2 is 1.40 bits per heavy atom. The molecule has 0 aromatic rings. The second-order valence-corrected chi connectivity index (χ2v) is 5.56. The van der Waals surface area contributed by atoms with Gasteiger partial charge in [-0.25, -0.2) is 0 Å². The Bertz CT molecular complexity index is 414. The van der Waals surface area contributed by atoms with Crippen molar-refractivity contribution in [2.75, 3.05) is 19.8 Å². The molecule has 0 aromatic carbocycles. The van der Waals surface area contributed by atoms with E-state index in [0.29, 0.717) is 0 Å². The van der Waals surface area contributed by atoms with Crippen LogP contribution in [0.15, 0.2) is 0 Å². The zero-order chi connectivity index (χ0) is 19.4. The fourth-order valence-electron chi connectivity index (χ4n) is 2.63. The van der Waals surface area contributed by atoms with Crippen LogP contribution < -0.4 is 0 Å². The van der Waals surface area contributed by atoms with E-state index in [-0.39, 0.29) is 0 Å². The van der Waals surface area contributed by atoms with Crippen molar-refractivity contribution in [1.82, 2.24) is 0 Å². The van der Waals surface area contributed by atoms with Crippen molar-refractivity contribution in [3.05, 3.63) is 0 Å². The third-order valence-electron chi connectivity index (χ3n) is 4.07. The van der Waals surface area contributed by atoms with Crippen molar-refractivity contribution < 1.29 is 74.8 Å². The molecule has 0 aliphatic carbocycles. The summed E-state index contributed by atoms with van der Waals surface area (Å²) in [5.41, 5.74) is 0. The minimum absolute atomic E-state index is 0.669. The molecule has 25 heavy (non-hydrogen) atoms. The number of aliphatic hydroxyl groups is 8. The first-order valence-corrected chi connectivity index (χ1v) is 7.64. The summed E-state index contributed by atoms with van der Waals surface area (Å²) < 4.78 is 23.4. The molecule has 13 heteroatoms. The Morgan fingerprint density at radius 1 is 0.840 bits per heavy atom. The van der Waals surface area contributed by atoms with Gasteiger partial charge in [-0.1, -0.05) is 0 Å². The van der Waals surface area contributed by atoms with Crippen LogP contribution in [0.3, 0.4) is 0 Å². The van der Waals surface area contributed by atoms with Gasteiger partial charge in [0.15, 0.2) is 6.29 Å². The molecular weight excluding hydrogens is 392 g/mol. The summed E-state index contributed by atoms with van der Waals surface area (Å²) in [4.78, 5) is 0. The molecule has 2 heterocycles. The summed E-state index contributed by atoms with van der Waals surface area (Å²) >= 11 is 2.00. The van der Waals surface area contributed by atoms with Crippen molar-refractivity contribution in [2.24, 2.45) is 0 Å². The van der Waals surface area contributed by atoms with Crippen LogP contribution in [0.4, 0.5) is 0 Å². The third kappa shape index (κ3) is 4.42. The molecule has 8 N–H and O–H groups in total. The quantitative estimate of drug-likeness (QED) is 0.198. The van der Waals surface area contributed by atoms with Crippen LogP contribution >= 0.6 is 0 Å². The summed E-state index contributed by atoms with van der Waals surface area (Å²) in [6, 6.07) is 0. The average molecular weight is 414 g/mol. The molecule has 0 aromatic heterocycles. The van der Waals surface area contributed by atoms with E-state index in [1.165, 1.54) is 0 Å². The van der Waals surface area contributed by atoms with Gasteiger partial charge in [-0.15, -0.1) is 0 Å². The first kappa shape index (κ1) is 22.9. The van der Waals surface area contributed by atoms with Gasteiger partial charge in [0.05, 0.1) is 13.2 Å². The fourth-order valence-corrected chi connectivity index (χ4v) is 2.63. The van der Waals surface area contributed by atoms with Crippen LogP contribution in [0.25, 0.3) is 0 Å². The molecule has 12 nitrogen and oxygen atoms in total. The summed E-state index contributed by atoms with van der Waals surface area (Å²) in [5.74, 6) is -2.22. The van der Waals surface area contributed by atoms with Crippen LogP contribution in [0, 0.1) is 0 Å². The molecule has 0 spiro atoms. The second-order valence-electron chi connectivity index (χ2n) is 5.56. The Labute approximate surface area is 150 Å². The van der Waals surface area contributed by atoms with Gasteiger partial charge < -0.3 is 55.1 Å². The third-order valence-corrected chi connectivity index (χ3v) is 4.07. The maximum absolute atomic E-state index is 10.00. The van der Waals surface area contributed by atoms with Gasteiger partial charge >= 0.3 is 19.8 Å². The second kappa shape index (κ2) is 9.71. The summed E-state index contributed by atoms with van der Waals surface area (Å²) in [6.45, 7) is -2.32. The van der Waals surface area contributed by atoms with Crippen LogP contribution in [0.2, 0.25) is 0 Å². The van der Waals surface area contributed by atoms with Gasteiger partial charge in [0.2, 0.25) is 5.79 Å². The Kier molecular flexibility index (Phi) is 8.90. The first-order valence-electron chi connectivity index (χ1n) is 7.19. The van der Waals surface area contributed by atoms with E-state index >= 15 is 0 Å². The number of hydrogen-bond donors (Lipinski definition) is 8. The Balaban J connectivity index is 0.00000151. The van der Waals surface area contributed by atoms with Gasteiger partial charge in [0.25, 0.3) is 0 Å². The zero-order valence-electron chi connectivity index (χ0n) is 12.8. The van der Waals surface area contributed by atoms with Crippen LogP contribution in [0.5, 0.6) is 0 Å². The normalized spacial score (nSPS) is 47.2.